The molecule has 116 valence electrons. The number of nitrogens with zero attached hydrogens (tertiary/aromatic N) is 2. The molecule has 3 nitrogen and oxygen atoms in total. The minimum Gasteiger partial charge on any atom is -0.392 e. The Morgan fingerprint density at radius 1 is 1.20 bits per heavy atom. The molecule has 1 rings (SSSR count). The summed E-state index contributed by atoms with van der Waals surface area (Å²) in [6, 6.07) is 0. The molecule has 1 unspecified atom stereocenters. The standard InChI is InChI=1S/C10H11BrF6N2O/c1-4-7(11)5(19(2)18-4)3-6(20)8(9(12,13)14)10(15,16)17/h6,8,20H,3H2,1-2H3. The third-order valence-corrected chi connectivity index (χ3v) is 3.79. The van der Waals surface area contributed by atoms with Gasteiger partial charge in [0.1, 0.15) is 0 Å². The number of rotatable bonds is 3. The van der Waals surface area contributed by atoms with Crippen LogP contribution in [0.1, 0.15) is 11.4 Å². The van der Waals surface area contributed by atoms with Crippen molar-refractivity contribution in [1.29, 1.82) is 0 Å². The summed E-state index contributed by atoms with van der Waals surface area (Å²) in [6.07, 6.45) is -14.6. The number of aliphatic hydroxyl groups is 1. The van der Waals surface area contributed by atoms with Crippen molar-refractivity contribution in [1.82, 2.24) is 9.78 Å². The van der Waals surface area contributed by atoms with Gasteiger partial charge in [0.25, 0.3) is 0 Å². The Morgan fingerprint density at radius 3 is 1.95 bits per heavy atom. The Hall–Kier alpha value is -0.770. The lowest BCUT2D eigenvalue weighted by Gasteiger charge is -2.27. The lowest BCUT2D eigenvalue weighted by Crippen LogP contribution is -2.45. The van der Waals surface area contributed by atoms with Gasteiger partial charge in [-0.3, -0.25) is 4.68 Å². The predicted molar refractivity (Wildman–Crippen MR) is 61.0 cm³/mol. The zero-order valence-corrected chi connectivity index (χ0v) is 11.9. The van der Waals surface area contributed by atoms with Gasteiger partial charge in [-0.1, -0.05) is 0 Å². The molecule has 0 aromatic carbocycles. The van der Waals surface area contributed by atoms with E-state index in [2.05, 4.69) is 21.0 Å². The Labute approximate surface area is 118 Å². The largest absolute Gasteiger partial charge is 0.403 e. The van der Waals surface area contributed by atoms with E-state index < -0.39 is 30.8 Å². The zero-order chi connectivity index (χ0) is 15.9. The van der Waals surface area contributed by atoms with E-state index in [4.69, 9.17) is 0 Å². The molecule has 0 aliphatic heterocycles. The molecule has 0 saturated heterocycles. The first-order valence-electron chi connectivity index (χ1n) is 5.35. The minimum absolute atomic E-state index is 0.0634. The van der Waals surface area contributed by atoms with Crippen molar-refractivity contribution in [3.63, 3.8) is 0 Å². The second-order valence-electron chi connectivity index (χ2n) is 4.30. The van der Waals surface area contributed by atoms with Crippen LogP contribution in [0.2, 0.25) is 0 Å². The molecule has 0 bridgehead atoms. The SMILES string of the molecule is Cc1nn(C)c(CC(O)C(C(F)(F)F)C(F)(F)F)c1Br. The maximum absolute atomic E-state index is 12.5. The number of alkyl halides is 6. The molecule has 10 heteroatoms. The van der Waals surface area contributed by atoms with E-state index in [0.29, 0.717) is 5.69 Å². The monoisotopic (exact) mass is 368 g/mol. The molecule has 0 fully saturated rings. The fraction of sp³-hybridized carbons (Fsp3) is 0.700. The molecule has 1 heterocycles. The molecule has 1 aromatic rings. The van der Waals surface area contributed by atoms with Gasteiger partial charge in [0.05, 0.1) is 22.0 Å². The summed E-state index contributed by atoms with van der Waals surface area (Å²) in [5.74, 6) is -3.79. The second-order valence-corrected chi connectivity index (χ2v) is 5.10. The topological polar surface area (TPSA) is 38.0 Å². The van der Waals surface area contributed by atoms with Crippen molar-refractivity contribution in [2.45, 2.75) is 31.8 Å². The Bertz CT molecular complexity index is 467. The molecule has 0 radical (unpaired) electrons. The van der Waals surface area contributed by atoms with Crippen LogP contribution in [0.5, 0.6) is 0 Å². The summed E-state index contributed by atoms with van der Waals surface area (Å²) in [4.78, 5) is 0. The van der Waals surface area contributed by atoms with Crippen molar-refractivity contribution in [2.24, 2.45) is 13.0 Å². The first kappa shape index (κ1) is 17.3. The van der Waals surface area contributed by atoms with Crippen molar-refractivity contribution in [3.8, 4) is 0 Å². The van der Waals surface area contributed by atoms with Crippen LogP contribution in [-0.2, 0) is 13.5 Å². The van der Waals surface area contributed by atoms with E-state index in [1.165, 1.54) is 14.0 Å². The van der Waals surface area contributed by atoms with Gasteiger partial charge in [-0.05, 0) is 22.9 Å². The number of aliphatic hydroxyl groups excluding tert-OH is 1. The van der Waals surface area contributed by atoms with Crippen LogP contribution in [0.25, 0.3) is 0 Å². The normalized spacial score (nSPS) is 14.9. The Morgan fingerprint density at radius 2 is 1.65 bits per heavy atom. The summed E-state index contributed by atoms with van der Waals surface area (Å²) < 4.78 is 76.2. The zero-order valence-electron chi connectivity index (χ0n) is 10.3. The first-order chi connectivity index (χ1) is 8.85. The molecule has 1 atom stereocenters. The van der Waals surface area contributed by atoms with Crippen LogP contribution >= 0.6 is 15.9 Å². The van der Waals surface area contributed by atoms with Gasteiger partial charge in [0.15, 0.2) is 5.92 Å². The highest BCUT2D eigenvalue weighted by molar-refractivity contribution is 9.10. The van der Waals surface area contributed by atoms with Gasteiger partial charge in [-0.25, -0.2) is 0 Å². The molecular formula is C10H11BrF6N2O. The highest BCUT2D eigenvalue weighted by Gasteiger charge is 2.60. The van der Waals surface area contributed by atoms with Gasteiger partial charge in [-0.2, -0.15) is 31.4 Å². The lowest BCUT2D eigenvalue weighted by atomic mass is 9.97. The van der Waals surface area contributed by atoms with Crippen LogP contribution in [-0.4, -0.2) is 33.3 Å². The molecule has 1 aromatic heterocycles. The summed E-state index contributed by atoms with van der Waals surface area (Å²) in [5.41, 5.74) is 0.471. The molecular weight excluding hydrogens is 358 g/mol. The quantitative estimate of drug-likeness (QED) is 0.832. The fourth-order valence-corrected chi connectivity index (χ4v) is 2.34. The molecule has 0 aliphatic carbocycles. The number of aromatic nitrogens is 2. The fourth-order valence-electron chi connectivity index (χ4n) is 1.84. The maximum Gasteiger partial charge on any atom is 0.403 e. The summed E-state index contributed by atoms with van der Waals surface area (Å²) >= 11 is 3.02. The van der Waals surface area contributed by atoms with Gasteiger partial charge in [0, 0.05) is 13.5 Å². The average Bonchev–Trinajstić information content (AvgIpc) is 2.40. The van der Waals surface area contributed by atoms with E-state index in [9.17, 15) is 31.4 Å². The predicted octanol–water partition coefficient (Wildman–Crippen LogP) is 3.14. The van der Waals surface area contributed by atoms with Gasteiger partial charge in [-0.15, -0.1) is 0 Å². The molecule has 0 amide bonds. The molecule has 1 N–H and O–H groups in total. The van der Waals surface area contributed by atoms with E-state index >= 15 is 0 Å². The van der Waals surface area contributed by atoms with E-state index in [0.717, 1.165) is 4.68 Å². The van der Waals surface area contributed by atoms with Crippen molar-refractivity contribution >= 4 is 15.9 Å². The summed E-state index contributed by atoms with van der Waals surface area (Å²) in [7, 11) is 1.37. The van der Waals surface area contributed by atoms with E-state index in [1.807, 2.05) is 0 Å². The summed E-state index contributed by atoms with van der Waals surface area (Å²) in [6.45, 7) is 1.53. The van der Waals surface area contributed by atoms with Crippen molar-refractivity contribution in [2.75, 3.05) is 0 Å². The van der Waals surface area contributed by atoms with E-state index in [1.54, 1.807) is 0 Å². The van der Waals surface area contributed by atoms with Gasteiger partial charge < -0.3 is 5.11 Å². The first-order valence-corrected chi connectivity index (χ1v) is 6.14. The Balaban J connectivity index is 3.06. The van der Waals surface area contributed by atoms with Gasteiger partial charge >= 0.3 is 12.4 Å². The number of hydrogen-bond donors (Lipinski definition) is 1. The number of hydrogen-bond acceptors (Lipinski definition) is 2. The van der Waals surface area contributed by atoms with Crippen molar-refractivity contribution < 1.29 is 31.4 Å². The second kappa shape index (κ2) is 5.55. The number of aryl methyl sites for hydroxylation is 2. The average molecular weight is 369 g/mol. The lowest BCUT2D eigenvalue weighted by molar-refractivity contribution is -0.305. The smallest absolute Gasteiger partial charge is 0.392 e. The number of halogens is 7. The molecule has 20 heavy (non-hydrogen) atoms. The molecule has 0 aliphatic rings. The van der Waals surface area contributed by atoms with Crippen LogP contribution in [0.4, 0.5) is 26.3 Å². The molecule has 0 spiro atoms. The summed E-state index contributed by atoms with van der Waals surface area (Å²) in [5, 5.41) is 13.2. The van der Waals surface area contributed by atoms with Crippen molar-refractivity contribution in [3.05, 3.63) is 15.9 Å². The maximum atomic E-state index is 12.5. The van der Waals surface area contributed by atoms with Crippen LogP contribution in [0.3, 0.4) is 0 Å². The Kier molecular flexibility index (Phi) is 4.79. The highest BCUT2D eigenvalue weighted by Crippen LogP contribution is 2.42. The van der Waals surface area contributed by atoms with Crippen LogP contribution < -0.4 is 0 Å². The van der Waals surface area contributed by atoms with E-state index in [-0.39, 0.29) is 10.2 Å². The third kappa shape index (κ3) is 3.66. The van der Waals surface area contributed by atoms with Gasteiger partial charge in [0.2, 0.25) is 0 Å². The third-order valence-electron chi connectivity index (χ3n) is 2.75. The van der Waals surface area contributed by atoms with Crippen LogP contribution in [0, 0.1) is 12.8 Å². The molecule has 0 saturated carbocycles. The van der Waals surface area contributed by atoms with Crippen LogP contribution in [0.15, 0.2) is 4.47 Å². The highest BCUT2D eigenvalue weighted by atomic mass is 79.9. The minimum atomic E-state index is -5.57.